The fraction of sp³-hybridized carbons (Fsp3) is 0.286. The van der Waals surface area contributed by atoms with E-state index in [0.29, 0.717) is 0 Å². The van der Waals surface area contributed by atoms with E-state index in [2.05, 4.69) is 311 Å². The first-order valence-electron chi connectivity index (χ1n) is 32.0. The molecule has 2 heteroatoms. The molecular weight excluding hydrogens is 1040 g/mol. The smallest absolute Gasteiger partial charge is 0.0493 e. The lowest BCUT2D eigenvalue weighted by molar-refractivity contribution is 0.575. The van der Waals surface area contributed by atoms with E-state index in [1.54, 1.807) is 0 Å². The van der Waals surface area contributed by atoms with Gasteiger partial charge in [0.1, 0.15) is 0 Å². The molecule has 0 aliphatic heterocycles. The molecule has 0 aliphatic carbocycles. The number of hydrogen-bond acceptors (Lipinski definition) is 2. The molecule has 0 aromatic heterocycles. The molecule has 0 amide bonds. The predicted octanol–water partition coefficient (Wildman–Crippen LogP) is 25.3. The van der Waals surface area contributed by atoms with Gasteiger partial charge < -0.3 is 9.80 Å². The van der Waals surface area contributed by atoms with Crippen LogP contribution in [0.25, 0.3) is 65.7 Å². The van der Waals surface area contributed by atoms with Gasteiger partial charge in [-0.05, 0) is 215 Å². The normalized spacial score (nSPS) is 12.1. The maximum absolute atomic E-state index is 2.50. The number of rotatable bonds is 18. The summed E-state index contributed by atoms with van der Waals surface area (Å²) >= 11 is 0. The SMILES string of the molecule is CCCCCCCCCCc1ccc2cc(-c3c4ccc(N(c5ccc(C(C)(C)C)cc5)c5ccc(C(C)(C)C)cc5)cc4c(-c4ccc(-c5ccccc5)cc4)c4ccc(N(c5ccc(C(C)(C)C)cc5)c5cc(C)ccc5C)cc34)ccc2c1. The van der Waals surface area contributed by atoms with Crippen LogP contribution in [-0.4, -0.2) is 0 Å². The zero-order valence-electron chi connectivity index (χ0n) is 53.5. The second-order valence-electron chi connectivity index (χ2n) is 27.6. The van der Waals surface area contributed by atoms with Crippen LogP contribution >= 0.6 is 0 Å². The van der Waals surface area contributed by atoms with Gasteiger partial charge in [-0.1, -0.05) is 260 Å². The lowest BCUT2D eigenvalue weighted by atomic mass is 9.84. The van der Waals surface area contributed by atoms with Crippen molar-refractivity contribution in [3.8, 4) is 33.4 Å². The standard InChI is InChI=1S/C84H90N2/c1-13-14-15-16-17-18-19-21-24-60-29-30-65-55-66(36-35-64(65)54-60)81-76-51-49-73(85(70-43-37-67(38-44-70)82(4,5)6)71-45-39-68(40-46-71)83(7,8)9)56-77(76)80(63-33-31-62(32-34-63)61-25-22-20-23-26-61)75-52-50-74(57-78(75)81)86(79-53-58(2)27-28-59(79)3)72-47-41-69(42-48-72)84(10,11)12/h20,22-23,25-57H,13-19,21,24H2,1-12H3. The van der Waals surface area contributed by atoms with Crippen molar-refractivity contribution in [2.24, 2.45) is 0 Å². The van der Waals surface area contributed by atoms with E-state index in [9.17, 15) is 0 Å². The Hall–Kier alpha value is -8.20. The summed E-state index contributed by atoms with van der Waals surface area (Å²) in [7, 11) is 0. The quantitative estimate of drug-likeness (QED) is 0.0624. The monoisotopic (exact) mass is 1130 g/mol. The fourth-order valence-electron chi connectivity index (χ4n) is 12.8. The predicted molar refractivity (Wildman–Crippen MR) is 377 cm³/mol. The van der Waals surface area contributed by atoms with Gasteiger partial charge in [-0.3, -0.25) is 0 Å². The van der Waals surface area contributed by atoms with Crippen molar-refractivity contribution in [3.05, 3.63) is 252 Å². The zero-order valence-corrected chi connectivity index (χ0v) is 53.5. The molecule has 0 aliphatic rings. The summed E-state index contributed by atoms with van der Waals surface area (Å²) in [6.45, 7) is 27.4. The Morgan fingerprint density at radius 1 is 0.314 bits per heavy atom. The molecule has 0 saturated carbocycles. The third kappa shape index (κ3) is 13.0. The Bertz CT molecular complexity index is 4070. The van der Waals surface area contributed by atoms with Crippen molar-refractivity contribution in [1.82, 2.24) is 0 Å². The van der Waals surface area contributed by atoms with E-state index in [4.69, 9.17) is 0 Å². The highest BCUT2D eigenvalue weighted by Gasteiger charge is 2.25. The summed E-state index contributed by atoms with van der Waals surface area (Å²) in [6, 6.07) is 83.8. The molecule has 11 rings (SSSR count). The van der Waals surface area contributed by atoms with Crippen LogP contribution in [0.15, 0.2) is 218 Å². The molecule has 0 atom stereocenters. The van der Waals surface area contributed by atoms with E-state index < -0.39 is 0 Å². The van der Waals surface area contributed by atoms with Crippen LogP contribution in [0.2, 0.25) is 0 Å². The van der Waals surface area contributed by atoms with E-state index in [-0.39, 0.29) is 16.2 Å². The second kappa shape index (κ2) is 25.0. The summed E-state index contributed by atoms with van der Waals surface area (Å²) < 4.78 is 0. The topological polar surface area (TPSA) is 6.48 Å². The van der Waals surface area contributed by atoms with Crippen LogP contribution < -0.4 is 9.80 Å². The highest BCUT2D eigenvalue weighted by molar-refractivity contribution is 6.23. The number of anilines is 6. The molecule has 0 fully saturated rings. The number of hydrogen-bond donors (Lipinski definition) is 0. The lowest BCUT2D eigenvalue weighted by Crippen LogP contribution is -2.14. The Labute approximate surface area is 515 Å². The van der Waals surface area contributed by atoms with Crippen molar-refractivity contribution in [1.29, 1.82) is 0 Å². The summed E-state index contributed by atoms with van der Waals surface area (Å²) in [4.78, 5) is 4.95. The lowest BCUT2D eigenvalue weighted by Gasteiger charge is -2.30. The van der Waals surface area contributed by atoms with Crippen molar-refractivity contribution in [3.63, 3.8) is 0 Å². The molecule has 436 valence electrons. The van der Waals surface area contributed by atoms with Gasteiger partial charge in [-0.25, -0.2) is 0 Å². The largest absolute Gasteiger partial charge is 0.310 e. The van der Waals surface area contributed by atoms with Gasteiger partial charge in [0.05, 0.1) is 0 Å². The van der Waals surface area contributed by atoms with E-state index in [0.717, 1.165) is 34.9 Å². The van der Waals surface area contributed by atoms with Crippen LogP contribution in [0.4, 0.5) is 34.1 Å². The summed E-state index contributed by atoms with van der Waals surface area (Å²) in [5, 5.41) is 7.40. The Kier molecular flexibility index (Phi) is 17.3. The van der Waals surface area contributed by atoms with Gasteiger partial charge in [0.25, 0.3) is 0 Å². The maximum atomic E-state index is 2.50. The van der Waals surface area contributed by atoms with Crippen molar-refractivity contribution in [2.45, 2.75) is 157 Å². The number of unbranched alkanes of at least 4 members (excludes halogenated alkanes) is 7. The molecule has 0 bridgehead atoms. The first-order chi connectivity index (χ1) is 41.3. The van der Waals surface area contributed by atoms with Gasteiger partial charge in [0.2, 0.25) is 0 Å². The highest BCUT2D eigenvalue weighted by Crippen LogP contribution is 2.50. The summed E-state index contributed by atoms with van der Waals surface area (Å²) in [5.41, 5.74) is 21.9. The molecule has 0 spiro atoms. The van der Waals surface area contributed by atoms with Crippen molar-refractivity contribution >= 4 is 66.4 Å². The third-order valence-electron chi connectivity index (χ3n) is 18.0. The molecule has 86 heavy (non-hydrogen) atoms. The Balaban J connectivity index is 1.16. The third-order valence-corrected chi connectivity index (χ3v) is 18.0. The average Bonchev–Trinajstić information content (AvgIpc) is 0.904. The van der Waals surface area contributed by atoms with E-state index in [1.807, 2.05) is 0 Å². The molecule has 0 radical (unpaired) electrons. The van der Waals surface area contributed by atoms with Crippen LogP contribution in [0.5, 0.6) is 0 Å². The molecule has 2 nitrogen and oxygen atoms in total. The van der Waals surface area contributed by atoms with E-state index in [1.165, 1.54) is 156 Å². The number of aryl methyl sites for hydroxylation is 3. The van der Waals surface area contributed by atoms with E-state index >= 15 is 0 Å². The Morgan fingerprint density at radius 2 is 0.744 bits per heavy atom. The summed E-state index contributed by atoms with van der Waals surface area (Å²) in [5.74, 6) is 0. The number of benzene rings is 11. The number of fused-ring (bicyclic) bond motifs is 3. The van der Waals surface area contributed by atoms with Crippen LogP contribution in [0, 0.1) is 13.8 Å². The first kappa shape index (κ1) is 59.5. The van der Waals surface area contributed by atoms with Gasteiger partial charge in [-0.2, -0.15) is 0 Å². The number of nitrogens with zero attached hydrogens (tertiary/aromatic N) is 2. The maximum Gasteiger partial charge on any atom is 0.0493 e. The van der Waals surface area contributed by atoms with Crippen LogP contribution in [-0.2, 0) is 22.7 Å². The molecule has 11 aromatic carbocycles. The summed E-state index contributed by atoms with van der Waals surface area (Å²) in [6.07, 6.45) is 11.8. The van der Waals surface area contributed by atoms with Crippen LogP contribution in [0.1, 0.15) is 154 Å². The average molecular weight is 1130 g/mol. The molecule has 0 heterocycles. The molecule has 0 saturated heterocycles. The molecule has 11 aromatic rings. The van der Waals surface area contributed by atoms with Crippen LogP contribution in [0.3, 0.4) is 0 Å². The van der Waals surface area contributed by atoms with Crippen molar-refractivity contribution in [2.75, 3.05) is 9.80 Å². The fourth-order valence-corrected chi connectivity index (χ4v) is 12.8. The van der Waals surface area contributed by atoms with Gasteiger partial charge in [-0.15, -0.1) is 0 Å². The van der Waals surface area contributed by atoms with Gasteiger partial charge in [0, 0.05) is 34.1 Å². The Morgan fingerprint density at radius 3 is 1.28 bits per heavy atom. The molecule has 0 N–H and O–H groups in total. The minimum absolute atomic E-state index is 0.0216. The van der Waals surface area contributed by atoms with Gasteiger partial charge >= 0.3 is 0 Å². The molecular formula is C84H90N2. The zero-order chi connectivity index (χ0) is 60.3. The second-order valence-corrected chi connectivity index (χ2v) is 27.6. The van der Waals surface area contributed by atoms with Gasteiger partial charge in [0.15, 0.2) is 0 Å². The van der Waals surface area contributed by atoms with Crippen molar-refractivity contribution < 1.29 is 0 Å². The molecule has 0 unspecified atom stereocenters. The minimum atomic E-state index is 0.0216. The first-order valence-corrected chi connectivity index (χ1v) is 32.0. The minimum Gasteiger partial charge on any atom is -0.310 e. The highest BCUT2D eigenvalue weighted by atomic mass is 15.1.